The summed E-state index contributed by atoms with van der Waals surface area (Å²) in [5.41, 5.74) is 0. The van der Waals surface area contributed by atoms with Crippen LogP contribution in [0.25, 0.3) is 0 Å². The third-order valence-electron chi connectivity index (χ3n) is 2.62. The molecular formula is C12H23F2. The lowest BCUT2D eigenvalue weighted by Gasteiger charge is -2.21. The van der Waals surface area contributed by atoms with E-state index in [0.29, 0.717) is 0 Å². The molecule has 0 nitrogen and oxygen atoms in total. The molecule has 3 unspecified atom stereocenters. The summed E-state index contributed by atoms with van der Waals surface area (Å²) in [6.07, 6.45) is 4.03. The Morgan fingerprint density at radius 1 is 1.21 bits per heavy atom. The van der Waals surface area contributed by atoms with Gasteiger partial charge in [0.05, 0.1) is 0 Å². The molecule has 0 amide bonds. The molecule has 0 rings (SSSR count). The fourth-order valence-corrected chi connectivity index (χ4v) is 1.79. The highest BCUT2D eigenvalue weighted by Crippen LogP contribution is 2.25. The Hall–Kier alpha value is -0.140. The maximum Gasteiger partial charge on any atom is 0.134 e. The molecule has 3 atom stereocenters. The predicted octanol–water partition coefficient (Wildman–Crippen LogP) is 4.49. The summed E-state index contributed by atoms with van der Waals surface area (Å²) in [5.74, 6) is -0.0834. The predicted molar refractivity (Wildman–Crippen MR) is 57.7 cm³/mol. The summed E-state index contributed by atoms with van der Waals surface area (Å²) in [6.45, 7) is 5.34. The van der Waals surface area contributed by atoms with E-state index in [1.165, 1.54) is 6.92 Å². The molecular weight excluding hydrogens is 182 g/mol. The summed E-state index contributed by atoms with van der Waals surface area (Å²) in [4.78, 5) is 0. The van der Waals surface area contributed by atoms with Gasteiger partial charge >= 0.3 is 0 Å². The normalized spacial score (nSPS) is 17.8. The highest BCUT2D eigenvalue weighted by molar-refractivity contribution is 4.74. The lowest BCUT2D eigenvalue weighted by Crippen LogP contribution is -2.24. The van der Waals surface area contributed by atoms with Gasteiger partial charge in [-0.15, -0.1) is 0 Å². The van der Waals surface area contributed by atoms with Crippen molar-refractivity contribution in [2.24, 2.45) is 5.92 Å². The SMILES string of the molecule is C[CH]CCCC(CCC)C(F)C(C)F. The number of alkyl halides is 2. The van der Waals surface area contributed by atoms with Crippen LogP contribution < -0.4 is 0 Å². The molecule has 1 radical (unpaired) electrons. The van der Waals surface area contributed by atoms with Crippen LogP contribution in [0.5, 0.6) is 0 Å². The molecule has 0 fully saturated rings. The second-order valence-electron chi connectivity index (χ2n) is 4.01. The van der Waals surface area contributed by atoms with Gasteiger partial charge in [-0.25, -0.2) is 8.78 Å². The van der Waals surface area contributed by atoms with Crippen LogP contribution in [0.2, 0.25) is 0 Å². The molecule has 0 aromatic carbocycles. The maximum atomic E-state index is 13.4. The van der Waals surface area contributed by atoms with Crippen molar-refractivity contribution < 1.29 is 8.78 Å². The lowest BCUT2D eigenvalue weighted by molar-refractivity contribution is 0.109. The van der Waals surface area contributed by atoms with E-state index in [-0.39, 0.29) is 5.92 Å². The molecule has 0 aliphatic heterocycles. The van der Waals surface area contributed by atoms with Crippen LogP contribution in [-0.2, 0) is 0 Å². The van der Waals surface area contributed by atoms with Crippen molar-refractivity contribution >= 4 is 0 Å². The highest BCUT2D eigenvalue weighted by Gasteiger charge is 2.25. The van der Waals surface area contributed by atoms with Crippen molar-refractivity contribution in [3.05, 3.63) is 6.42 Å². The molecule has 0 aliphatic rings. The van der Waals surface area contributed by atoms with Gasteiger partial charge in [0, 0.05) is 0 Å². The van der Waals surface area contributed by atoms with Crippen molar-refractivity contribution in [1.29, 1.82) is 0 Å². The van der Waals surface area contributed by atoms with Gasteiger partial charge < -0.3 is 0 Å². The summed E-state index contributed by atoms with van der Waals surface area (Å²) in [5, 5.41) is 0. The van der Waals surface area contributed by atoms with Crippen LogP contribution in [0, 0.1) is 12.3 Å². The zero-order valence-corrected chi connectivity index (χ0v) is 9.60. The standard InChI is InChI=1S/C12H23F2/c1-4-6-7-9-11(8-5-2)12(14)10(3)13/h4,10-12H,5-9H2,1-3H3. The molecule has 0 N–H and O–H groups in total. The monoisotopic (exact) mass is 205 g/mol. The number of hydrogen-bond acceptors (Lipinski definition) is 0. The zero-order chi connectivity index (χ0) is 11.0. The molecule has 0 saturated heterocycles. The smallest absolute Gasteiger partial charge is 0.134 e. The fourth-order valence-electron chi connectivity index (χ4n) is 1.79. The molecule has 0 saturated carbocycles. The van der Waals surface area contributed by atoms with Gasteiger partial charge in [0.25, 0.3) is 0 Å². The van der Waals surface area contributed by atoms with E-state index in [9.17, 15) is 8.78 Å². The minimum atomic E-state index is -1.32. The van der Waals surface area contributed by atoms with Crippen molar-refractivity contribution in [2.75, 3.05) is 0 Å². The fraction of sp³-hybridized carbons (Fsp3) is 0.917. The zero-order valence-electron chi connectivity index (χ0n) is 9.60. The molecule has 0 aromatic rings. The summed E-state index contributed by atoms with van der Waals surface area (Å²) in [7, 11) is 0. The van der Waals surface area contributed by atoms with Crippen LogP contribution in [0.4, 0.5) is 8.78 Å². The quantitative estimate of drug-likeness (QED) is 0.512. The molecule has 14 heavy (non-hydrogen) atoms. The first-order valence-electron chi connectivity index (χ1n) is 5.69. The summed E-state index contributed by atoms with van der Waals surface area (Å²) >= 11 is 0. The van der Waals surface area contributed by atoms with Gasteiger partial charge in [0.2, 0.25) is 0 Å². The Bertz CT molecular complexity index is 123. The van der Waals surface area contributed by atoms with Crippen molar-refractivity contribution in [3.8, 4) is 0 Å². The van der Waals surface area contributed by atoms with Gasteiger partial charge in [0.15, 0.2) is 0 Å². The van der Waals surface area contributed by atoms with E-state index in [2.05, 4.69) is 6.42 Å². The van der Waals surface area contributed by atoms with Gasteiger partial charge in [0.1, 0.15) is 12.3 Å². The van der Waals surface area contributed by atoms with Crippen molar-refractivity contribution in [2.45, 2.75) is 65.2 Å². The van der Waals surface area contributed by atoms with Crippen LogP contribution in [0.3, 0.4) is 0 Å². The Kier molecular flexibility index (Phi) is 8.11. The van der Waals surface area contributed by atoms with Crippen molar-refractivity contribution in [3.63, 3.8) is 0 Å². The van der Waals surface area contributed by atoms with E-state index < -0.39 is 12.3 Å². The summed E-state index contributed by atoms with van der Waals surface area (Å²) < 4.78 is 26.2. The Morgan fingerprint density at radius 2 is 1.86 bits per heavy atom. The van der Waals surface area contributed by atoms with E-state index in [0.717, 1.165) is 32.1 Å². The molecule has 85 valence electrons. The molecule has 0 spiro atoms. The molecule has 0 heterocycles. The number of unbranched alkanes of at least 4 members (excludes halogenated alkanes) is 2. The van der Waals surface area contributed by atoms with Gasteiger partial charge in [-0.05, 0) is 32.1 Å². The van der Waals surface area contributed by atoms with E-state index in [4.69, 9.17) is 0 Å². The molecule has 0 bridgehead atoms. The highest BCUT2D eigenvalue weighted by atomic mass is 19.2. The van der Waals surface area contributed by atoms with E-state index in [1.807, 2.05) is 13.8 Å². The van der Waals surface area contributed by atoms with Crippen LogP contribution in [0.1, 0.15) is 52.9 Å². The minimum absolute atomic E-state index is 0.0834. The van der Waals surface area contributed by atoms with Gasteiger partial charge in [-0.1, -0.05) is 33.1 Å². The molecule has 0 aromatic heterocycles. The largest absolute Gasteiger partial charge is 0.245 e. The third-order valence-corrected chi connectivity index (χ3v) is 2.62. The molecule has 0 aliphatic carbocycles. The van der Waals surface area contributed by atoms with Gasteiger partial charge in [-0.3, -0.25) is 0 Å². The number of halogens is 2. The first kappa shape index (κ1) is 13.9. The van der Waals surface area contributed by atoms with E-state index in [1.54, 1.807) is 0 Å². The number of rotatable bonds is 8. The van der Waals surface area contributed by atoms with Crippen LogP contribution in [0.15, 0.2) is 0 Å². The minimum Gasteiger partial charge on any atom is -0.245 e. The summed E-state index contributed by atoms with van der Waals surface area (Å²) in [6, 6.07) is 0. The van der Waals surface area contributed by atoms with E-state index >= 15 is 0 Å². The second-order valence-corrected chi connectivity index (χ2v) is 4.01. The average Bonchev–Trinajstić information content (AvgIpc) is 2.15. The second kappa shape index (κ2) is 8.19. The lowest BCUT2D eigenvalue weighted by atomic mass is 9.90. The first-order valence-corrected chi connectivity index (χ1v) is 5.69. The Labute approximate surface area is 87.1 Å². The van der Waals surface area contributed by atoms with Crippen molar-refractivity contribution in [1.82, 2.24) is 0 Å². The third kappa shape index (κ3) is 5.56. The maximum absolute atomic E-state index is 13.4. The Balaban J connectivity index is 3.87. The van der Waals surface area contributed by atoms with Gasteiger partial charge in [-0.2, -0.15) is 0 Å². The Morgan fingerprint density at radius 3 is 2.29 bits per heavy atom. The average molecular weight is 205 g/mol. The van der Waals surface area contributed by atoms with Crippen LogP contribution >= 0.6 is 0 Å². The molecule has 2 heteroatoms. The van der Waals surface area contributed by atoms with Crippen LogP contribution in [-0.4, -0.2) is 12.3 Å². The number of hydrogen-bond donors (Lipinski definition) is 0. The topological polar surface area (TPSA) is 0 Å². The first-order chi connectivity index (χ1) is 6.63.